The summed E-state index contributed by atoms with van der Waals surface area (Å²) in [5, 5.41) is 18.4. The van der Waals surface area contributed by atoms with Gasteiger partial charge in [0.2, 0.25) is 17.7 Å². The number of fused-ring (bicyclic) bond motifs is 1. The molecule has 12 heteroatoms. The number of ether oxygens (including phenoxy) is 2. The Bertz CT molecular complexity index is 1630. The summed E-state index contributed by atoms with van der Waals surface area (Å²) >= 11 is 5.95. The van der Waals surface area contributed by atoms with Crippen LogP contribution < -0.4 is 10.1 Å². The van der Waals surface area contributed by atoms with Crippen molar-refractivity contribution in [1.29, 1.82) is 0 Å². The maximum absolute atomic E-state index is 12.3. The Labute approximate surface area is 247 Å². The molecule has 1 atom stereocenters. The number of nitrogens with one attached hydrogen (secondary N) is 1. The number of halogens is 1. The van der Waals surface area contributed by atoms with Crippen LogP contribution in [-0.4, -0.2) is 50.4 Å². The maximum Gasteiger partial charge on any atom is 0.437 e. The van der Waals surface area contributed by atoms with Crippen molar-refractivity contribution in [3.8, 4) is 17.1 Å². The average molecular weight is 592 g/mol. The topological polar surface area (TPSA) is 139 Å². The number of aromatic nitrogens is 2. The van der Waals surface area contributed by atoms with Crippen LogP contribution in [0, 0.1) is 0 Å². The Hall–Kier alpha value is -4.64. The van der Waals surface area contributed by atoms with Crippen LogP contribution in [-0.2, 0) is 11.3 Å². The summed E-state index contributed by atoms with van der Waals surface area (Å²) < 4.78 is 16.8. The molecule has 4 aromatic rings. The number of carbonyl (C=O) groups excluding carboxylic acids is 1. The normalized spacial score (nSPS) is 15.6. The first-order valence-corrected chi connectivity index (χ1v) is 13.8. The van der Waals surface area contributed by atoms with Crippen LogP contribution in [0.3, 0.4) is 0 Å². The molecule has 1 aliphatic rings. The first kappa shape index (κ1) is 28.9. The van der Waals surface area contributed by atoms with Crippen LogP contribution in [0.1, 0.15) is 51.1 Å². The quantitative estimate of drug-likeness (QED) is 0.189. The fraction of sp³-hybridized carbons (Fsp3) is 0.300. The van der Waals surface area contributed by atoms with Gasteiger partial charge in [-0.3, -0.25) is 5.32 Å². The van der Waals surface area contributed by atoms with Gasteiger partial charge in [0.05, 0.1) is 0 Å². The molecule has 3 aromatic carbocycles. The number of carboxylic acid groups (broad SMARTS) is 1. The van der Waals surface area contributed by atoms with Crippen molar-refractivity contribution in [3.63, 3.8) is 0 Å². The lowest BCUT2D eigenvalue weighted by molar-refractivity contribution is 0.0600. The second kappa shape index (κ2) is 12.1. The highest BCUT2D eigenvalue weighted by Gasteiger charge is 2.35. The van der Waals surface area contributed by atoms with Crippen LogP contribution >= 0.6 is 11.6 Å². The summed E-state index contributed by atoms with van der Waals surface area (Å²) in [6.07, 6.45) is -0.955. The lowest BCUT2D eigenvalue weighted by Crippen LogP contribution is -2.44. The Morgan fingerprint density at radius 1 is 1.12 bits per heavy atom. The van der Waals surface area contributed by atoms with E-state index in [1.807, 2.05) is 60.7 Å². The molecule has 0 bridgehead atoms. The van der Waals surface area contributed by atoms with Gasteiger partial charge in [-0.25, -0.2) is 9.59 Å². The number of benzene rings is 3. The number of aliphatic imine (C=N–C) groups is 1. The number of likely N-dealkylation sites (tertiary alicyclic amines) is 1. The second-order valence-electron chi connectivity index (χ2n) is 10.8. The smallest absolute Gasteiger partial charge is 0.437 e. The molecule has 218 valence electrons. The van der Waals surface area contributed by atoms with E-state index in [1.54, 1.807) is 25.7 Å². The van der Waals surface area contributed by atoms with Crippen molar-refractivity contribution in [2.45, 2.75) is 51.9 Å². The number of hydrogen-bond acceptors (Lipinski definition) is 7. The van der Waals surface area contributed by atoms with E-state index in [2.05, 4.69) is 20.4 Å². The molecule has 0 unspecified atom stereocenters. The molecule has 0 saturated carbocycles. The lowest BCUT2D eigenvalue weighted by atomic mass is 10.1. The number of nitrogens with zero attached hydrogens (tertiary/aromatic N) is 4. The largest absolute Gasteiger partial charge is 0.489 e. The minimum atomic E-state index is -1.36. The Balaban J connectivity index is 1.32. The van der Waals surface area contributed by atoms with E-state index in [0.29, 0.717) is 36.8 Å². The summed E-state index contributed by atoms with van der Waals surface area (Å²) in [6.45, 7) is 5.96. The highest BCUT2D eigenvalue weighted by molar-refractivity contribution is 6.30. The zero-order valence-electron chi connectivity index (χ0n) is 23.3. The summed E-state index contributed by atoms with van der Waals surface area (Å²) in [4.78, 5) is 33.9. The number of guanidine groups is 1. The zero-order chi connectivity index (χ0) is 29.9. The van der Waals surface area contributed by atoms with Crippen LogP contribution in [0.15, 0.2) is 70.2 Å². The molecule has 1 saturated heterocycles. The highest BCUT2D eigenvalue weighted by atomic mass is 35.5. The third-order valence-corrected chi connectivity index (χ3v) is 6.70. The number of carbonyl (C=O) groups is 2. The van der Waals surface area contributed by atoms with Gasteiger partial charge in [-0.05, 0) is 80.3 Å². The Morgan fingerprint density at radius 3 is 2.60 bits per heavy atom. The number of rotatable bonds is 5. The molecule has 42 heavy (non-hydrogen) atoms. The molecule has 11 nitrogen and oxygen atoms in total. The van der Waals surface area contributed by atoms with Gasteiger partial charge in [0.15, 0.2) is 0 Å². The minimum absolute atomic E-state index is 0.154. The van der Waals surface area contributed by atoms with Crippen LogP contribution in [0.4, 0.5) is 9.59 Å². The van der Waals surface area contributed by atoms with Gasteiger partial charge >= 0.3 is 12.2 Å². The molecule has 0 spiro atoms. The van der Waals surface area contributed by atoms with E-state index in [1.165, 1.54) is 0 Å². The average Bonchev–Trinajstić information content (AvgIpc) is 3.61. The molecular formula is C30H30ClN5O6. The molecule has 0 radical (unpaired) electrons. The van der Waals surface area contributed by atoms with E-state index < -0.39 is 23.8 Å². The Kier molecular flexibility index (Phi) is 8.30. The van der Waals surface area contributed by atoms with Crippen molar-refractivity contribution in [2.24, 2.45) is 4.99 Å². The summed E-state index contributed by atoms with van der Waals surface area (Å²) in [7, 11) is 0. The summed E-state index contributed by atoms with van der Waals surface area (Å²) in [6, 6.07) is 18.7. The van der Waals surface area contributed by atoms with E-state index in [-0.39, 0.29) is 11.9 Å². The summed E-state index contributed by atoms with van der Waals surface area (Å²) in [5.41, 5.74) is 0.987. The van der Waals surface area contributed by atoms with Gasteiger partial charge in [-0.15, -0.1) is 4.99 Å². The molecule has 1 aliphatic heterocycles. The first-order valence-electron chi connectivity index (χ1n) is 13.4. The fourth-order valence-electron chi connectivity index (χ4n) is 4.60. The van der Waals surface area contributed by atoms with Crippen molar-refractivity contribution in [1.82, 2.24) is 20.4 Å². The fourth-order valence-corrected chi connectivity index (χ4v) is 4.72. The van der Waals surface area contributed by atoms with Crippen molar-refractivity contribution < 1.29 is 28.7 Å². The van der Waals surface area contributed by atoms with Crippen molar-refractivity contribution in [3.05, 3.63) is 77.1 Å². The predicted octanol–water partition coefficient (Wildman–Crippen LogP) is 6.82. The van der Waals surface area contributed by atoms with Crippen LogP contribution in [0.5, 0.6) is 5.75 Å². The van der Waals surface area contributed by atoms with Crippen LogP contribution in [0.2, 0.25) is 5.02 Å². The van der Waals surface area contributed by atoms with Gasteiger partial charge in [0.1, 0.15) is 24.0 Å². The number of hydrogen-bond donors (Lipinski definition) is 2. The third-order valence-electron chi connectivity index (χ3n) is 6.45. The van der Waals surface area contributed by atoms with E-state index >= 15 is 0 Å². The lowest BCUT2D eigenvalue weighted by Gasteiger charge is -2.25. The van der Waals surface area contributed by atoms with Gasteiger partial charge in [-0.2, -0.15) is 4.98 Å². The SMILES string of the molecule is CC(C)(C)OC(=O)N=C(NC(=O)O)N1CCC[C@H]1c1nc(-c2ccc3cc(OCc4ccc(Cl)cc4)ccc3c2)no1. The molecule has 1 fully saturated rings. The monoisotopic (exact) mass is 591 g/mol. The predicted molar refractivity (Wildman–Crippen MR) is 157 cm³/mol. The number of amides is 2. The third kappa shape index (κ3) is 7.16. The zero-order valence-corrected chi connectivity index (χ0v) is 24.1. The highest BCUT2D eigenvalue weighted by Crippen LogP contribution is 2.33. The first-order chi connectivity index (χ1) is 20.0. The van der Waals surface area contributed by atoms with E-state index in [9.17, 15) is 14.7 Å². The maximum atomic E-state index is 12.3. The van der Waals surface area contributed by atoms with Crippen LogP contribution in [0.25, 0.3) is 22.2 Å². The van der Waals surface area contributed by atoms with Gasteiger partial charge in [0.25, 0.3) is 0 Å². The van der Waals surface area contributed by atoms with Gasteiger partial charge < -0.3 is 24.0 Å². The van der Waals surface area contributed by atoms with Crippen molar-refractivity contribution >= 4 is 40.5 Å². The van der Waals surface area contributed by atoms with E-state index in [4.69, 9.17) is 25.6 Å². The Morgan fingerprint density at radius 2 is 1.86 bits per heavy atom. The van der Waals surface area contributed by atoms with E-state index in [0.717, 1.165) is 27.6 Å². The molecule has 2 amide bonds. The summed E-state index contributed by atoms with van der Waals surface area (Å²) in [5.74, 6) is 1.27. The molecule has 2 N–H and O–H groups in total. The standard InChI is InChI=1S/C30H30ClN5O6/c1-30(2,3)41-29(39)34-27(33-28(37)38)36-14-4-5-24(36)26-32-25(35-42-26)21-9-8-20-16-23(13-10-19(20)15-21)40-17-18-6-11-22(31)12-7-18/h6-13,15-16,24H,4-5,14,17H2,1-3H3,(H,37,38)(H,33,34,39)/t24-/m0/s1. The van der Waals surface area contributed by atoms with Crippen molar-refractivity contribution in [2.75, 3.05) is 6.54 Å². The molecular weight excluding hydrogens is 562 g/mol. The second-order valence-corrected chi connectivity index (χ2v) is 11.2. The van der Waals surface area contributed by atoms with Gasteiger partial charge in [0, 0.05) is 17.1 Å². The molecule has 0 aliphatic carbocycles. The molecule has 2 heterocycles. The minimum Gasteiger partial charge on any atom is -0.489 e. The molecule has 1 aromatic heterocycles. The molecule has 5 rings (SSSR count). The van der Waals surface area contributed by atoms with Gasteiger partial charge in [-0.1, -0.05) is 47.1 Å².